The predicted octanol–water partition coefficient (Wildman–Crippen LogP) is 1.97. The number of imide groups is 1. The zero-order valence-corrected chi connectivity index (χ0v) is 15.3. The zero-order chi connectivity index (χ0) is 18.4. The van der Waals surface area contributed by atoms with E-state index in [0.29, 0.717) is 5.69 Å². The highest BCUT2D eigenvalue weighted by molar-refractivity contribution is 6.01. The number of anilines is 1. The summed E-state index contributed by atoms with van der Waals surface area (Å²) in [6, 6.07) is 13.5. The Morgan fingerprint density at radius 1 is 0.960 bits per heavy atom. The van der Waals surface area contributed by atoms with Gasteiger partial charge in [0.05, 0.1) is 7.05 Å². The van der Waals surface area contributed by atoms with E-state index in [1.54, 1.807) is 0 Å². The van der Waals surface area contributed by atoms with Crippen LogP contribution in [0.15, 0.2) is 42.5 Å². The van der Waals surface area contributed by atoms with Gasteiger partial charge in [-0.05, 0) is 32.4 Å². The molecule has 0 heterocycles. The second kappa shape index (κ2) is 8.44. The van der Waals surface area contributed by atoms with Crippen LogP contribution in [0.4, 0.5) is 10.5 Å². The highest BCUT2D eigenvalue weighted by atomic mass is 16.2. The maximum Gasteiger partial charge on any atom is 0.326 e. The summed E-state index contributed by atoms with van der Waals surface area (Å²) in [5.74, 6) is -0.299. The molecule has 0 aromatic heterocycles. The standard InChI is InChI=1S/C20H25N3O2/c1-14-5-8-17(9-6-14)12-23(4)13-19(24)22-20(25)21-18-10-7-15(2)11-16(18)3/h5-11H,12-13H2,1-4H3,(H2,21,22,24,25)/p+1. The van der Waals surface area contributed by atoms with Crippen LogP contribution >= 0.6 is 0 Å². The Kier molecular flexibility index (Phi) is 6.31. The van der Waals surface area contributed by atoms with Crippen LogP contribution in [0.25, 0.3) is 0 Å². The molecular weight excluding hydrogens is 314 g/mol. The number of likely N-dealkylation sites (N-methyl/N-ethyl adjacent to an activating group) is 1. The molecule has 0 aliphatic heterocycles. The topological polar surface area (TPSA) is 62.6 Å². The summed E-state index contributed by atoms with van der Waals surface area (Å²) in [7, 11) is 1.93. The van der Waals surface area contributed by atoms with E-state index in [0.717, 1.165) is 28.1 Å². The Morgan fingerprint density at radius 3 is 2.24 bits per heavy atom. The van der Waals surface area contributed by atoms with Crippen LogP contribution in [0.1, 0.15) is 22.3 Å². The number of aryl methyl sites for hydroxylation is 3. The Labute approximate surface area is 149 Å². The van der Waals surface area contributed by atoms with E-state index in [1.807, 2.05) is 46.0 Å². The Balaban J connectivity index is 1.82. The molecule has 0 bridgehead atoms. The van der Waals surface area contributed by atoms with Gasteiger partial charge >= 0.3 is 6.03 Å². The highest BCUT2D eigenvalue weighted by Gasteiger charge is 2.14. The molecule has 0 saturated heterocycles. The van der Waals surface area contributed by atoms with Gasteiger partial charge < -0.3 is 10.2 Å². The second-order valence-electron chi connectivity index (χ2n) is 6.62. The molecule has 25 heavy (non-hydrogen) atoms. The molecule has 0 saturated carbocycles. The second-order valence-corrected chi connectivity index (χ2v) is 6.62. The van der Waals surface area contributed by atoms with Gasteiger partial charge in [0.15, 0.2) is 6.54 Å². The number of hydrogen-bond acceptors (Lipinski definition) is 2. The fourth-order valence-corrected chi connectivity index (χ4v) is 2.67. The van der Waals surface area contributed by atoms with Crippen LogP contribution < -0.4 is 15.5 Å². The molecule has 1 unspecified atom stereocenters. The summed E-state index contributed by atoms with van der Waals surface area (Å²) < 4.78 is 0. The lowest BCUT2D eigenvalue weighted by Gasteiger charge is -2.14. The Hall–Kier alpha value is -2.66. The van der Waals surface area contributed by atoms with Gasteiger partial charge in [-0.1, -0.05) is 47.5 Å². The van der Waals surface area contributed by atoms with Crippen LogP contribution in [0.2, 0.25) is 0 Å². The van der Waals surface area contributed by atoms with Gasteiger partial charge in [0, 0.05) is 11.3 Å². The average Bonchev–Trinajstić information content (AvgIpc) is 2.52. The van der Waals surface area contributed by atoms with Gasteiger partial charge in [-0.15, -0.1) is 0 Å². The number of urea groups is 1. The quantitative estimate of drug-likeness (QED) is 0.779. The third kappa shape index (κ3) is 6.04. The Bertz CT molecular complexity index is 754. The van der Waals surface area contributed by atoms with E-state index in [2.05, 4.69) is 34.9 Å². The summed E-state index contributed by atoms with van der Waals surface area (Å²) in [5, 5.41) is 5.10. The van der Waals surface area contributed by atoms with E-state index in [-0.39, 0.29) is 12.5 Å². The summed E-state index contributed by atoms with van der Waals surface area (Å²) in [5.41, 5.74) is 5.17. The molecule has 2 aromatic carbocycles. The van der Waals surface area contributed by atoms with Crippen LogP contribution in [-0.4, -0.2) is 25.5 Å². The van der Waals surface area contributed by atoms with Crippen LogP contribution in [0.5, 0.6) is 0 Å². The molecule has 2 aromatic rings. The van der Waals surface area contributed by atoms with Crippen molar-refractivity contribution in [3.63, 3.8) is 0 Å². The number of carbonyl (C=O) groups is 2. The smallest absolute Gasteiger partial charge is 0.326 e. The molecule has 0 aliphatic carbocycles. The van der Waals surface area contributed by atoms with Crippen LogP contribution in [-0.2, 0) is 11.3 Å². The Morgan fingerprint density at radius 2 is 1.60 bits per heavy atom. The van der Waals surface area contributed by atoms with Gasteiger partial charge in [0.2, 0.25) is 0 Å². The van der Waals surface area contributed by atoms with E-state index >= 15 is 0 Å². The fraction of sp³-hybridized carbons (Fsp3) is 0.300. The van der Waals surface area contributed by atoms with Gasteiger partial charge in [0.1, 0.15) is 6.54 Å². The van der Waals surface area contributed by atoms with E-state index in [1.165, 1.54) is 5.56 Å². The molecule has 0 aliphatic rings. The van der Waals surface area contributed by atoms with Crippen LogP contribution in [0, 0.1) is 20.8 Å². The minimum absolute atomic E-state index is 0.230. The van der Waals surface area contributed by atoms with Crippen molar-refractivity contribution in [2.24, 2.45) is 0 Å². The maximum absolute atomic E-state index is 12.0. The van der Waals surface area contributed by atoms with Crippen molar-refractivity contribution in [3.8, 4) is 0 Å². The molecule has 0 radical (unpaired) electrons. The number of hydrogen-bond donors (Lipinski definition) is 3. The van der Waals surface area contributed by atoms with Crippen molar-refractivity contribution in [1.29, 1.82) is 0 Å². The molecule has 3 N–H and O–H groups in total. The minimum Gasteiger partial charge on any atom is -0.326 e. The van der Waals surface area contributed by atoms with E-state index < -0.39 is 6.03 Å². The largest absolute Gasteiger partial charge is 0.326 e. The molecule has 2 rings (SSSR count). The summed E-state index contributed by atoms with van der Waals surface area (Å²) in [6.45, 7) is 6.92. The summed E-state index contributed by atoms with van der Waals surface area (Å²) in [6.07, 6.45) is 0. The number of quaternary nitrogens is 1. The van der Waals surface area contributed by atoms with Crippen molar-refractivity contribution < 1.29 is 14.5 Å². The number of rotatable bonds is 5. The molecule has 3 amide bonds. The normalized spacial score (nSPS) is 11.7. The lowest BCUT2D eigenvalue weighted by atomic mass is 10.1. The van der Waals surface area contributed by atoms with Gasteiger partial charge in [0.25, 0.3) is 5.91 Å². The van der Waals surface area contributed by atoms with Crippen molar-refractivity contribution in [2.45, 2.75) is 27.3 Å². The first-order valence-electron chi connectivity index (χ1n) is 8.38. The van der Waals surface area contributed by atoms with Crippen molar-refractivity contribution in [2.75, 3.05) is 18.9 Å². The lowest BCUT2D eigenvalue weighted by molar-refractivity contribution is -0.885. The first-order chi connectivity index (χ1) is 11.8. The molecule has 5 heteroatoms. The number of amides is 3. The van der Waals surface area contributed by atoms with E-state index in [4.69, 9.17) is 0 Å². The average molecular weight is 340 g/mol. The van der Waals surface area contributed by atoms with Crippen molar-refractivity contribution >= 4 is 17.6 Å². The van der Waals surface area contributed by atoms with Gasteiger partial charge in [-0.25, -0.2) is 4.79 Å². The lowest BCUT2D eigenvalue weighted by Crippen LogP contribution is -3.09. The SMILES string of the molecule is Cc1ccc(C[NH+](C)CC(=O)NC(=O)Nc2ccc(C)cc2C)cc1. The summed E-state index contributed by atoms with van der Waals surface area (Å²) >= 11 is 0. The fourth-order valence-electron chi connectivity index (χ4n) is 2.67. The molecule has 1 atom stereocenters. The maximum atomic E-state index is 12.0. The number of nitrogens with one attached hydrogen (secondary N) is 3. The van der Waals surface area contributed by atoms with Crippen molar-refractivity contribution in [1.82, 2.24) is 5.32 Å². The third-order valence-electron chi connectivity index (χ3n) is 3.97. The molecular formula is C20H26N3O2+. The third-order valence-corrected chi connectivity index (χ3v) is 3.97. The summed E-state index contributed by atoms with van der Waals surface area (Å²) in [4.78, 5) is 25.0. The van der Waals surface area contributed by atoms with E-state index in [9.17, 15) is 9.59 Å². The molecule has 0 fully saturated rings. The number of benzene rings is 2. The number of carbonyl (C=O) groups excluding carboxylic acids is 2. The highest BCUT2D eigenvalue weighted by Crippen LogP contribution is 2.15. The van der Waals surface area contributed by atoms with Crippen molar-refractivity contribution in [3.05, 3.63) is 64.7 Å². The van der Waals surface area contributed by atoms with Crippen LogP contribution in [0.3, 0.4) is 0 Å². The zero-order valence-electron chi connectivity index (χ0n) is 15.3. The predicted molar refractivity (Wildman–Crippen MR) is 99.7 cm³/mol. The van der Waals surface area contributed by atoms with Gasteiger partial charge in [-0.3, -0.25) is 10.1 Å². The first-order valence-corrected chi connectivity index (χ1v) is 8.38. The minimum atomic E-state index is -0.500. The van der Waals surface area contributed by atoms with Gasteiger partial charge in [-0.2, -0.15) is 0 Å². The molecule has 132 valence electrons. The monoisotopic (exact) mass is 340 g/mol. The molecule has 0 spiro atoms. The molecule has 5 nitrogen and oxygen atoms in total. The first kappa shape index (κ1) is 18.7.